The standard InChI is InChI=1S/C15H13NO4S/c1-11-4-5-15(14(7-11)16(18)19)20-9-13-8-12(10-21-13)3-2-6-17/h4-5,7-8,10,17H,6,9H2,1H3. The third kappa shape index (κ3) is 4.05. The van der Waals surface area contributed by atoms with Crippen LogP contribution in [0.15, 0.2) is 29.6 Å². The van der Waals surface area contributed by atoms with Crippen LogP contribution in [0.25, 0.3) is 0 Å². The first-order chi connectivity index (χ1) is 10.1. The maximum Gasteiger partial charge on any atom is 0.311 e. The van der Waals surface area contributed by atoms with Crippen LogP contribution in [0.2, 0.25) is 0 Å². The highest BCUT2D eigenvalue weighted by Crippen LogP contribution is 2.29. The van der Waals surface area contributed by atoms with E-state index in [4.69, 9.17) is 9.84 Å². The molecule has 0 amide bonds. The molecule has 0 fully saturated rings. The second-order valence-electron chi connectivity index (χ2n) is 4.28. The maximum atomic E-state index is 11.0. The third-order valence-corrected chi connectivity index (χ3v) is 3.56. The van der Waals surface area contributed by atoms with Crippen molar-refractivity contribution in [1.82, 2.24) is 0 Å². The molecule has 1 heterocycles. The summed E-state index contributed by atoms with van der Waals surface area (Å²) in [7, 11) is 0. The van der Waals surface area contributed by atoms with Crippen molar-refractivity contribution in [2.75, 3.05) is 6.61 Å². The van der Waals surface area contributed by atoms with Crippen LogP contribution in [-0.4, -0.2) is 16.6 Å². The number of aryl methyl sites for hydroxylation is 1. The van der Waals surface area contributed by atoms with E-state index in [1.165, 1.54) is 17.4 Å². The first-order valence-corrected chi connectivity index (χ1v) is 7.03. The Morgan fingerprint density at radius 3 is 2.95 bits per heavy atom. The van der Waals surface area contributed by atoms with Gasteiger partial charge in [-0.3, -0.25) is 10.1 Å². The van der Waals surface area contributed by atoms with Gasteiger partial charge in [-0.25, -0.2) is 0 Å². The average Bonchev–Trinajstić information content (AvgIpc) is 2.91. The Hall–Kier alpha value is -2.36. The zero-order valence-electron chi connectivity index (χ0n) is 11.3. The van der Waals surface area contributed by atoms with E-state index in [2.05, 4.69) is 11.8 Å². The molecule has 108 valence electrons. The first kappa shape index (κ1) is 15.0. The minimum absolute atomic E-state index is 0.0353. The Morgan fingerprint density at radius 2 is 2.24 bits per heavy atom. The fraction of sp³-hybridized carbons (Fsp3) is 0.200. The number of benzene rings is 1. The second-order valence-corrected chi connectivity index (χ2v) is 5.27. The van der Waals surface area contributed by atoms with Crippen molar-refractivity contribution >= 4 is 17.0 Å². The second kappa shape index (κ2) is 6.88. The van der Waals surface area contributed by atoms with E-state index in [0.29, 0.717) is 0 Å². The lowest BCUT2D eigenvalue weighted by molar-refractivity contribution is -0.386. The van der Waals surface area contributed by atoms with Gasteiger partial charge in [-0.15, -0.1) is 11.3 Å². The summed E-state index contributed by atoms with van der Waals surface area (Å²) in [4.78, 5) is 11.5. The van der Waals surface area contributed by atoms with Crippen LogP contribution in [0.5, 0.6) is 5.75 Å². The highest BCUT2D eigenvalue weighted by atomic mass is 32.1. The summed E-state index contributed by atoms with van der Waals surface area (Å²) in [5, 5.41) is 21.5. The molecule has 6 heteroatoms. The van der Waals surface area contributed by atoms with Crippen molar-refractivity contribution in [2.24, 2.45) is 0 Å². The van der Waals surface area contributed by atoms with E-state index in [-0.39, 0.29) is 24.7 Å². The Balaban J connectivity index is 2.09. The van der Waals surface area contributed by atoms with Crippen molar-refractivity contribution in [3.8, 4) is 17.6 Å². The molecule has 0 radical (unpaired) electrons. The molecular formula is C15H13NO4S. The van der Waals surface area contributed by atoms with Gasteiger partial charge in [-0.05, 0) is 24.6 Å². The number of hydrogen-bond donors (Lipinski definition) is 1. The van der Waals surface area contributed by atoms with Crippen LogP contribution >= 0.6 is 11.3 Å². The largest absolute Gasteiger partial charge is 0.481 e. The monoisotopic (exact) mass is 303 g/mol. The summed E-state index contributed by atoms with van der Waals surface area (Å²) in [6.07, 6.45) is 0. The van der Waals surface area contributed by atoms with Crippen LogP contribution in [0.1, 0.15) is 16.0 Å². The Kier molecular flexibility index (Phi) is 4.93. The molecule has 0 atom stereocenters. The maximum absolute atomic E-state index is 11.0. The molecule has 0 aliphatic heterocycles. The van der Waals surface area contributed by atoms with Crippen molar-refractivity contribution in [1.29, 1.82) is 0 Å². The number of nitrogens with zero attached hydrogens (tertiary/aromatic N) is 1. The molecule has 2 rings (SSSR count). The summed E-state index contributed by atoms with van der Waals surface area (Å²) < 4.78 is 5.53. The molecule has 0 spiro atoms. The van der Waals surface area contributed by atoms with E-state index < -0.39 is 4.92 Å². The SMILES string of the molecule is Cc1ccc(OCc2cc(C#CCO)cs2)c([N+](=O)[O-])c1. The molecule has 2 aromatic rings. The normalized spacial score (nSPS) is 9.81. The number of aliphatic hydroxyl groups is 1. The molecule has 21 heavy (non-hydrogen) atoms. The van der Waals surface area contributed by atoms with Gasteiger partial charge in [0, 0.05) is 21.9 Å². The van der Waals surface area contributed by atoms with Gasteiger partial charge in [0.2, 0.25) is 0 Å². The van der Waals surface area contributed by atoms with Crippen LogP contribution in [0.4, 0.5) is 5.69 Å². The number of rotatable bonds is 4. The zero-order chi connectivity index (χ0) is 15.2. The van der Waals surface area contributed by atoms with Crippen LogP contribution in [0, 0.1) is 28.9 Å². The van der Waals surface area contributed by atoms with E-state index in [1.54, 1.807) is 19.1 Å². The molecule has 0 unspecified atom stereocenters. The van der Waals surface area contributed by atoms with Gasteiger partial charge in [0.15, 0.2) is 5.75 Å². The Labute approximate surface area is 126 Å². The molecule has 1 aromatic carbocycles. The van der Waals surface area contributed by atoms with Crippen molar-refractivity contribution in [3.05, 3.63) is 55.8 Å². The van der Waals surface area contributed by atoms with Gasteiger partial charge in [0.1, 0.15) is 13.2 Å². The quantitative estimate of drug-likeness (QED) is 0.535. The average molecular weight is 303 g/mol. The molecule has 0 bridgehead atoms. The van der Waals surface area contributed by atoms with Gasteiger partial charge in [-0.1, -0.05) is 17.9 Å². The molecule has 0 aliphatic rings. The molecule has 5 nitrogen and oxygen atoms in total. The van der Waals surface area contributed by atoms with Crippen molar-refractivity contribution < 1.29 is 14.8 Å². The summed E-state index contributed by atoms with van der Waals surface area (Å²) in [6.45, 7) is 1.86. The molecule has 0 saturated carbocycles. The molecule has 1 N–H and O–H groups in total. The van der Waals surface area contributed by atoms with Gasteiger partial charge in [-0.2, -0.15) is 0 Å². The summed E-state index contributed by atoms with van der Waals surface area (Å²) in [5.74, 6) is 5.61. The number of nitro benzene ring substituents is 1. The lowest BCUT2D eigenvalue weighted by atomic mass is 10.2. The van der Waals surface area contributed by atoms with Gasteiger partial charge < -0.3 is 9.84 Å². The fourth-order valence-corrected chi connectivity index (χ4v) is 2.43. The minimum Gasteiger partial charge on any atom is -0.481 e. The molecular weight excluding hydrogens is 290 g/mol. The summed E-state index contributed by atoms with van der Waals surface area (Å²) >= 11 is 1.46. The zero-order valence-corrected chi connectivity index (χ0v) is 12.1. The Morgan fingerprint density at radius 1 is 1.43 bits per heavy atom. The lowest BCUT2D eigenvalue weighted by Crippen LogP contribution is -1.98. The van der Waals surface area contributed by atoms with Crippen LogP contribution in [0.3, 0.4) is 0 Å². The number of thiophene rings is 1. The predicted molar refractivity (Wildman–Crippen MR) is 80.4 cm³/mol. The van der Waals surface area contributed by atoms with Gasteiger partial charge in [0.05, 0.1) is 4.92 Å². The van der Waals surface area contributed by atoms with Crippen molar-refractivity contribution in [2.45, 2.75) is 13.5 Å². The Bertz CT molecular complexity index is 712. The number of aliphatic hydroxyl groups excluding tert-OH is 1. The predicted octanol–water partition coefficient (Wildman–Crippen LogP) is 2.89. The van der Waals surface area contributed by atoms with Gasteiger partial charge >= 0.3 is 5.69 Å². The third-order valence-electron chi connectivity index (χ3n) is 2.65. The van der Waals surface area contributed by atoms with E-state index in [0.717, 1.165) is 16.0 Å². The molecule has 0 aliphatic carbocycles. The van der Waals surface area contributed by atoms with E-state index in [9.17, 15) is 10.1 Å². The van der Waals surface area contributed by atoms with Crippen molar-refractivity contribution in [3.63, 3.8) is 0 Å². The van der Waals surface area contributed by atoms with Crippen LogP contribution in [-0.2, 0) is 6.61 Å². The number of nitro groups is 1. The minimum atomic E-state index is -0.449. The van der Waals surface area contributed by atoms with Gasteiger partial charge in [0.25, 0.3) is 0 Å². The number of ether oxygens (including phenoxy) is 1. The lowest BCUT2D eigenvalue weighted by Gasteiger charge is -2.05. The van der Waals surface area contributed by atoms with Crippen LogP contribution < -0.4 is 4.74 Å². The fourth-order valence-electron chi connectivity index (χ4n) is 1.70. The highest BCUT2D eigenvalue weighted by molar-refractivity contribution is 7.10. The number of hydrogen-bond acceptors (Lipinski definition) is 5. The van der Waals surface area contributed by atoms with E-state index in [1.807, 2.05) is 11.4 Å². The smallest absolute Gasteiger partial charge is 0.311 e. The first-order valence-electron chi connectivity index (χ1n) is 6.15. The van der Waals surface area contributed by atoms with E-state index >= 15 is 0 Å². The summed E-state index contributed by atoms with van der Waals surface area (Å²) in [5.41, 5.74) is 1.57. The topological polar surface area (TPSA) is 72.6 Å². The summed E-state index contributed by atoms with van der Waals surface area (Å²) in [6, 6.07) is 6.71. The molecule has 1 aromatic heterocycles. The molecule has 0 saturated heterocycles. The highest BCUT2D eigenvalue weighted by Gasteiger charge is 2.15.